The summed E-state index contributed by atoms with van der Waals surface area (Å²) in [7, 11) is 0. The predicted molar refractivity (Wildman–Crippen MR) is 121 cm³/mol. The molecule has 1 aliphatic rings. The van der Waals surface area contributed by atoms with Crippen molar-refractivity contribution in [2.24, 2.45) is 0 Å². The molecule has 5 heteroatoms. The van der Waals surface area contributed by atoms with Gasteiger partial charge in [-0.05, 0) is 44.4 Å². The van der Waals surface area contributed by atoms with Crippen LogP contribution < -0.4 is 10.1 Å². The SMILES string of the molecule is CC[C@@H](C)Oc1ccc(NC(=O)C2(c3ccccc3F)CCOCC2)c2ccccc12. The zero-order valence-electron chi connectivity index (χ0n) is 18.0. The maximum atomic E-state index is 14.7. The Morgan fingerprint density at radius 3 is 2.45 bits per heavy atom. The summed E-state index contributed by atoms with van der Waals surface area (Å²) in [6.07, 6.45) is 1.87. The van der Waals surface area contributed by atoms with Gasteiger partial charge in [0.15, 0.2) is 0 Å². The predicted octanol–water partition coefficient (Wildman–Crippen LogP) is 5.84. The minimum Gasteiger partial charge on any atom is -0.490 e. The Balaban J connectivity index is 1.72. The van der Waals surface area contributed by atoms with Crippen molar-refractivity contribution in [3.63, 3.8) is 0 Å². The van der Waals surface area contributed by atoms with Crippen molar-refractivity contribution >= 4 is 22.4 Å². The minimum atomic E-state index is -0.962. The molecule has 4 nitrogen and oxygen atoms in total. The quantitative estimate of drug-likeness (QED) is 0.544. The lowest BCUT2D eigenvalue weighted by molar-refractivity contribution is -0.125. The summed E-state index contributed by atoms with van der Waals surface area (Å²) in [6.45, 7) is 4.96. The number of amides is 1. The highest BCUT2D eigenvalue weighted by atomic mass is 19.1. The van der Waals surface area contributed by atoms with Crippen LogP contribution in [-0.2, 0) is 14.9 Å². The second-order valence-electron chi connectivity index (χ2n) is 8.12. The normalized spacial score (nSPS) is 16.6. The monoisotopic (exact) mass is 421 g/mol. The van der Waals surface area contributed by atoms with Crippen LogP contribution in [0.25, 0.3) is 10.8 Å². The van der Waals surface area contributed by atoms with Crippen LogP contribution in [-0.4, -0.2) is 25.2 Å². The molecule has 162 valence electrons. The molecule has 4 rings (SSSR count). The topological polar surface area (TPSA) is 47.6 Å². The average molecular weight is 422 g/mol. The molecule has 1 fully saturated rings. The first kappa shape index (κ1) is 21.3. The molecule has 0 saturated carbocycles. The number of carbonyl (C=O) groups is 1. The molecular formula is C26H28FNO3. The average Bonchev–Trinajstić information content (AvgIpc) is 2.81. The summed E-state index contributed by atoms with van der Waals surface area (Å²) in [4.78, 5) is 13.6. The van der Waals surface area contributed by atoms with Gasteiger partial charge in [0.2, 0.25) is 5.91 Å². The van der Waals surface area contributed by atoms with E-state index in [1.165, 1.54) is 6.07 Å². The van der Waals surface area contributed by atoms with Gasteiger partial charge in [0.05, 0.1) is 11.5 Å². The molecule has 0 radical (unpaired) electrons. The molecule has 1 saturated heterocycles. The van der Waals surface area contributed by atoms with Gasteiger partial charge in [-0.3, -0.25) is 4.79 Å². The highest BCUT2D eigenvalue weighted by molar-refractivity contribution is 6.07. The molecule has 0 aliphatic carbocycles. The zero-order valence-corrected chi connectivity index (χ0v) is 18.0. The van der Waals surface area contributed by atoms with Gasteiger partial charge in [0, 0.05) is 35.2 Å². The smallest absolute Gasteiger partial charge is 0.235 e. The van der Waals surface area contributed by atoms with Crippen molar-refractivity contribution < 1.29 is 18.7 Å². The van der Waals surface area contributed by atoms with Crippen molar-refractivity contribution in [1.29, 1.82) is 0 Å². The lowest BCUT2D eigenvalue weighted by Crippen LogP contribution is -2.45. The summed E-state index contributed by atoms with van der Waals surface area (Å²) < 4.78 is 26.3. The van der Waals surface area contributed by atoms with Gasteiger partial charge in [0.25, 0.3) is 0 Å². The van der Waals surface area contributed by atoms with Gasteiger partial charge < -0.3 is 14.8 Å². The molecule has 3 aromatic carbocycles. The number of nitrogens with one attached hydrogen (secondary N) is 1. The highest BCUT2D eigenvalue weighted by Crippen LogP contribution is 2.39. The Morgan fingerprint density at radius 1 is 1.06 bits per heavy atom. The van der Waals surface area contributed by atoms with Gasteiger partial charge >= 0.3 is 0 Å². The Kier molecular flexibility index (Phi) is 6.23. The number of fused-ring (bicyclic) bond motifs is 1. The second-order valence-corrected chi connectivity index (χ2v) is 8.12. The fraction of sp³-hybridized carbons (Fsp3) is 0.346. The fourth-order valence-corrected chi connectivity index (χ4v) is 4.21. The zero-order chi connectivity index (χ0) is 21.8. The Bertz CT molecular complexity index is 1080. The van der Waals surface area contributed by atoms with Gasteiger partial charge in [0.1, 0.15) is 11.6 Å². The number of halogens is 1. The molecule has 0 unspecified atom stereocenters. The molecule has 1 amide bonds. The molecule has 0 aromatic heterocycles. The lowest BCUT2D eigenvalue weighted by atomic mass is 9.73. The standard InChI is InChI=1S/C26H28FNO3/c1-3-18(2)31-24-13-12-23(19-8-4-5-9-20(19)24)28-25(29)26(14-16-30-17-15-26)21-10-6-7-11-22(21)27/h4-13,18H,3,14-17H2,1-2H3,(H,28,29)/t18-/m1/s1. The minimum absolute atomic E-state index is 0.0930. The molecule has 3 aromatic rings. The maximum Gasteiger partial charge on any atom is 0.235 e. The third-order valence-corrected chi connectivity index (χ3v) is 6.21. The van der Waals surface area contributed by atoms with E-state index in [0.717, 1.165) is 22.9 Å². The van der Waals surface area contributed by atoms with Gasteiger partial charge in [-0.2, -0.15) is 0 Å². The molecule has 1 N–H and O–H groups in total. The summed E-state index contributed by atoms with van der Waals surface area (Å²) in [5.74, 6) is 0.223. The molecule has 1 atom stereocenters. The van der Waals surface area contributed by atoms with E-state index in [0.29, 0.717) is 37.3 Å². The summed E-state index contributed by atoms with van der Waals surface area (Å²) in [5, 5.41) is 4.93. The maximum absolute atomic E-state index is 14.7. The van der Waals surface area contributed by atoms with Crippen molar-refractivity contribution in [2.75, 3.05) is 18.5 Å². The number of ether oxygens (including phenoxy) is 2. The summed E-state index contributed by atoms with van der Waals surface area (Å²) in [5.41, 5.74) is 0.160. The Morgan fingerprint density at radius 2 is 1.74 bits per heavy atom. The fourth-order valence-electron chi connectivity index (χ4n) is 4.21. The van der Waals surface area contributed by atoms with Crippen LogP contribution in [0.3, 0.4) is 0 Å². The molecular weight excluding hydrogens is 393 g/mol. The second kappa shape index (κ2) is 9.06. The van der Waals surface area contributed by atoms with E-state index in [-0.39, 0.29) is 17.8 Å². The number of anilines is 1. The Labute approximate surface area is 182 Å². The van der Waals surface area contributed by atoms with E-state index in [1.54, 1.807) is 18.2 Å². The van der Waals surface area contributed by atoms with E-state index < -0.39 is 5.41 Å². The molecule has 1 aliphatic heterocycles. The first-order valence-electron chi connectivity index (χ1n) is 10.9. The van der Waals surface area contributed by atoms with Crippen molar-refractivity contribution in [3.05, 3.63) is 72.0 Å². The van der Waals surface area contributed by atoms with Gasteiger partial charge in [-0.1, -0.05) is 49.4 Å². The van der Waals surface area contributed by atoms with Crippen molar-refractivity contribution in [2.45, 2.75) is 44.6 Å². The Hall–Kier alpha value is -2.92. The van der Waals surface area contributed by atoms with Crippen LogP contribution in [0.4, 0.5) is 10.1 Å². The van der Waals surface area contributed by atoms with E-state index >= 15 is 0 Å². The number of carbonyl (C=O) groups excluding carboxylic acids is 1. The van der Waals surface area contributed by atoms with Crippen LogP contribution in [0.1, 0.15) is 38.7 Å². The third-order valence-electron chi connectivity index (χ3n) is 6.21. The largest absolute Gasteiger partial charge is 0.490 e. The number of hydrogen-bond donors (Lipinski definition) is 1. The summed E-state index contributed by atoms with van der Waals surface area (Å²) >= 11 is 0. The van der Waals surface area contributed by atoms with Crippen molar-refractivity contribution in [1.82, 2.24) is 0 Å². The molecule has 1 heterocycles. The third kappa shape index (κ3) is 4.15. The van der Waals surface area contributed by atoms with E-state index in [1.807, 2.05) is 43.3 Å². The van der Waals surface area contributed by atoms with Gasteiger partial charge in [-0.15, -0.1) is 0 Å². The molecule has 31 heavy (non-hydrogen) atoms. The van der Waals surface area contributed by atoms with Crippen LogP contribution in [0, 0.1) is 5.82 Å². The van der Waals surface area contributed by atoms with E-state index in [9.17, 15) is 9.18 Å². The highest BCUT2D eigenvalue weighted by Gasteiger charge is 2.43. The number of rotatable bonds is 6. The molecule has 0 spiro atoms. The van der Waals surface area contributed by atoms with E-state index in [4.69, 9.17) is 9.47 Å². The molecule has 0 bridgehead atoms. The van der Waals surface area contributed by atoms with Gasteiger partial charge in [-0.25, -0.2) is 4.39 Å². The first-order chi connectivity index (χ1) is 15.0. The van der Waals surface area contributed by atoms with Crippen molar-refractivity contribution in [3.8, 4) is 5.75 Å². The first-order valence-corrected chi connectivity index (χ1v) is 10.9. The van der Waals surface area contributed by atoms with E-state index in [2.05, 4.69) is 12.2 Å². The van der Waals surface area contributed by atoms with Crippen LogP contribution in [0.2, 0.25) is 0 Å². The van der Waals surface area contributed by atoms with Crippen LogP contribution in [0.5, 0.6) is 5.75 Å². The van der Waals surface area contributed by atoms with Crippen LogP contribution >= 0.6 is 0 Å². The van der Waals surface area contributed by atoms with Crippen LogP contribution in [0.15, 0.2) is 60.7 Å². The number of hydrogen-bond acceptors (Lipinski definition) is 3. The number of benzene rings is 3. The lowest BCUT2D eigenvalue weighted by Gasteiger charge is -2.36. The summed E-state index contributed by atoms with van der Waals surface area (Å²) in [6, 6.07) is 18.2.